The topological polar surface area (TPSA) is 89.0 Å². The average Bonchev–Trinajstić information content (AvgIpc) is 2.80. The number of rotatable bonds is 10. The number of aryl methyl sites for hydroxylation is 1. The zero-order valence-electron chi connectivity index (χ0n) is 19.0. The van der Waals surface area contributed by atoms with Crippen molar-refractivity contribution in [3.8, 4) is 11.5 Å². The second kappa shape index (κ2) is 12.6. The molecule has 2 N–H and O–H groups in total. The smallest absolute Gasteiger partial charge is 0.249 e. The Hall–Kier alpha value is -3.65. The third-order valence-electron chi connectivity index (χ3n) is 4.62. The van der Waals surface area contributed by atoms with Gasteiger partial charge in [0.15, 0.2) is 11.5 Å². The summed E-state index contributed by atoms with van der Waals surface area (Å²) in [7, 11) is 0. The van der Waals surface area contributed by atoms with Crippen molar-refractivity contribution in [2.45, 2.75) is 26.9 Å². The van der Waals surface area contributed by atoms with Crippen LogP contribution < -0.4 is 20.2 Å². The van der Waals surface area contributed by atoms with Crippen LogP contribution in [-0.2, 0) is 16.2 Å². The average molecular weight is 524 g/mol. The van der Waals surface area contributed by atoms with E-state index in [9.17, 15) is 9.59 Å². The van der Waals surface area contributed by atoms with Crippen molar-refractivity contribution in [3.63, 3.8) is 0 Å². The predicted molar refractivity (Wildman–Crippen MR) is 136 cm³/mol. The second-order valence-corrected chi connectivity index (χ2v) is 8.28. The fourth-order valence-electron chi connectivity index (χ4n) is 3.00. The maximum Gasteiger partial charge on any atom is 0.249 e. The van der Waals surface area contributed by atoms with Gasteiger partial charge in [0.2, 0.25) is 11.8 Å². The van der Waals surface area contributed by atoms with Crippen LogP contribution in [0.25, 0.3) is 0 Å². The number of anilines is 1. The number of nitrogens with zero attached hydrogens (tertiary/aromatic N) is 1. The Morgan fingerprint density at radius 2 is 1.74 bits per heavy atom. The number of hydrogen-bond acceptors (Lipinski definition) is 5. The largest absolute Gasteiger partial charge is 0.490 e. The summed E-state index contributed by atoms with van der Waals surface area (Å²) >= 11 is 3.53. The van der Waals surface area contributed by atoms with Crippen molar-refractivity contribution in [2.24, 2.45) is 5.10 Å². The number of ether oxygens (including phenoxy) is 2. The van der Waals surface area contributed by atoms with E-state index in [1.54, 1.807) is 30.3 Å². The first kappa shape index (κ1) is 25.0. The molecule has 2 amide bonds. The lowest BCUT2D eigenvalue weighted by Crippen LogP contribution is -2.24. The molecule has 0 aromatic heterocycles. The van der Waals surface area contributed by atoms with E-state index in [0.29, 0.717) is 40.4 Å². The number of hydrogen-bond donors (Lipinski definition) is 2. The highest BCUT2D eigenvalue weighted by Gasteiger charge is 2.13. The molecule has 0 aliphatic rings. The zero-order chi connectivity index (χ0) is 24.3. The van der Waals surface area contributed by atoms with Gasteiger partial charge in [0, 0.05) is 5.69 Å². The molecule has 0 heterocycles. The van der Waals surface area contributed by atoms with Crippen LogP contribution >= 0.6 is 15.9 Å². The molecule has 0 aliphatic heterocycles. The fourth-order valence-corrected chi connectivity index (χ4v) is 3.57. The molecule has 0 spiro atoms. The van der Waals surface area contributed by atoms with Gasteiger partial charge in [-0.15, -0.1) is 0 Å². The Bertz CT molecular complexity index is 1150. The molecular formula is C26H26BrN3O4. The molecule has 176 valence electrons. The first-order valence-corrected chi connectivity index (χ1v) is 11.6. The maximum atomic E-state index is 12.0. The molecular weight excluding hydrogens is 498 g/mol. The van der Waals surface area contributed by atoms with Crippen LogP contribution in [0.15, 0.2) is 76.3 Å². The first-order valence-electron chi connectivity index (χ1n) is 10.8. The Kier molecular flexibility index (Phi) is 9.22. The molecule has 0 radical (unpaired) electrons. The quantitative estimate of drug-likeness (QED) is 0.216. The number of nitrogens with one attached hydrogen (secondary N) is 2. The Balaban J connectivity index is 1.59. The summed E-state index contributed by atoms with van der Waals surface area (Å²) in [5, 5.41) is 6.61. The monoisotopic (exact) mass is 523 g/mol. The van der Waals surface area contributed by atoms with Gasteiger partial charge in [-0.1, -0.05) is 48.0 Å². The number of hydrazone groups is 1. The van der Waals surface area contributed by atoms with Crippen LogP contribution in [0.4, 0.5) is 5.69 Å². The van der Waals surface area contributed by atoms with Gasteiger partial charge < -0.3 is 14.8 Å². The van der Waals surface area contributed by atoms with Gasteiger partial charge in [-0.25, -0.2) is 5.43 Å². The first-order chi connectivity index (χ1) is 16.4. The van der Waals surface area contributed by atoms with Gasteiger partial charge in [-0.05, 0) is 65.2 Å². The molecule has 0 aliphatic carbocycles. The number of amides is 2. The van der Waals surface area contributed by atoms with E-state index >= 15 is 0 Å². The Labute approximate surface area is 207 Å². The highest BCUT2D eigenvalue weighted by Crippen LogP contribution is 2.37. The van der Waals surface area contributed by atoms with Gasteiger partial charge in [0.05, 0.1) is 17.3 Å². The van der Waals surface area contributed by atoms with Gasteiger partial charge in [-0.2, -0.15) is 5.10 Å². The normalized spacial score (nSPS) is 10.7. The van der Waals surface area contributed by atoms with Crippen LogP contribution in [0.2, 0.25) is 0 Å². The van der Waals surface area contributed by atoms with E-state index in [4.69, 9.17) is 9.47 Å². The van der Waals surface area contributed by atoms with Crippen LogP contribution in [0, 0.1) is 6.92 Å². The van der Waals surface area contributed by atoms with Crippen LogP contribution in [0.5, 0.6) is 11.5 Å². The summed E-state index contributed by atoms with van der Waals surface area (Å²) in [6.45, 7) is 4.78. The third kappa shape index (κ3) is 7.74. The predicted octanol–water partition coefficient (Wildman–Crippen LogP) is 5.21. The van der Waals surface area contributed by atoms with E-state index in [-0.39, 0.29) is 6.42 Å². The number of carbonyl (C=O) groups is 2. The summed E-state index contributed by atoms with van der Waals surface area (Å²) in [4.78, 5) is 24.0. The lowest BCUT2D eigenvalue weighted by atomic mass is 10.2. The van der Waals surface area contributed by atoms with E-state index in [2.05, 4.69) is 31.8 Å². The van der Waals surface area contributed by atoms with Gasteiger partial charge in [0.1, 0.15) is 13.0 Å². The lowest BCUT2D eigenvalue weighted by Gasteiger charge is -2.15. The standard InChI is InChI=1S/C26H26BrN3O4/c1-3-33-23-14-20(13-22(27)26(23)34-17-19-11-9-18(2)10-12-19)16-28-30-25(32)15-24(31)29-21-7-5-4-6-8-21/h4-14,16H,3,15,17H2,1-2H3,(H,29,31)(H,30,32). The molecule has 0 saturated carbocycles. The minimum Gasteiger partial charge on any atom is -0.490 e. The molecule has 0 unspecified atom stereocenters. The van der Waals surface area contributed by atoms with Crippen LogP contribution in [-0.4, -0.2) is 24.6 Å². The molecule has 8 heteroatoms. The highest BCUT2D eigenvalue weighted by molar-refractivity contribution is 9.10. The molecule has 0 bridgehead atoms. The van der Waals surface area contributed by atoms with Gasteiger partial charge in [0.25, 0.3) is 0 Å². The molecule has 0 fully saturated rings. The van der Waals surface area contributed by atoms with Crippen LogP contribution in [0.1, 0.15) is 30.0 Å². The Morgan fingerprint density at radius 1 is 1.00 bits per heavy atom. The molecule has 34 heavy (non-hydrogen) atoms. The van der Waals surface area contributed by atoms with Crippen molar-refractivity contribution >= 4 is 39.6 Å². The summed E-state index contributed by atoms with van der Waals surface area (Å²) < 4.78 is 12.4. The number of para-hydroxylation sites is 1. The van der Waals surface area contributed by atoms with E-state index in [1.165, 1.54) is 11.8 Å². The van der Waals surface area contributed by atoms with E-state index < -0.39 is 11.8 Å². The van der Waals surface area contributed by atoms with Crippen molar-refractivity contribution < 1.29 is 19.1 Å². The zero-order valence-corrected chi connectivity index (χ0v) is 20.6. The number of benzene rings is 3. The molecule has 3 aromatic rings. The lowest BCUT2D eigenvalue weighted by molar-refractivity contribution is -0.126. The highest BCUT2D eigenvalue weighted by atomic mass is 79.9. The van der Waals surface area contributed by atoms with Crippen molar-refractivity contribution in [3.05, 3.63) is 87.9 Å². The minimum absolute atomic E-state index is 0.341. The van der Waals surface area contributed by atoms with Crippen molar-refractivity contribution in [1.82, 2.24) is 5.43 Å². The Morgan fingerprint density at radius 3 is 2.44 bits per heavy atom. The van der Waals surface area contributed by atoms with Gasteiger partial charge >= 0.3 is 0 Å². The fraction of sp³-hybridized carbons (Fsp3) is 0.192. The summed E-state index contributed by atoms with van der Waals surface area (Å²) in [6, 6.07) is 20.6. The second-order valence-electron chi connectivity index (χ2n) is 7.42. The van der Waals surface area contributed by atoms with Crippen LogP contribution in [0.3, 0.4) is 0 Å². The number of carbonyl (C=O) groups excluding carboxylic acids is 2. The number of halogens is 1. The molecule has 0 saturated heterocycles. The van der Waals surface area contributed by atoms with Gasteiger partial charge in [-0.3, -0.25) is 9.59 Å². The SMILES string of the molecule is CCOc1cc(C=NNC(=O)CC(=O)Nc2ccccc2)cc(Br)c1OCc1ccc(C)cc1. The summed E-state index contributed by atoms with van der Waals surface area (Å²) in [5.41, 5.74) is 5.91. The molecule has 3 rings (SSSR count). The van der Waals surface area contributed by atoms with Crippen molar-refractivity contribution in [2.75, 3.05) is 11.9 Å². The molecule has 3 aromatic carbocycles. The summed E-state index contributed by atoms with van der Waals surface area (Å²) in [5.74, 6) is 0.197. The minimum atomic E-state index is -0.521. The molecule has 7 nitrogen and oxygen atoms in total. The summed E-state index contributed by atoms with van der Waals surface area (Å²) in [6.07, 6.45) is 1.13. The van der Waals surface area contributed by atoms with E-state index in [1.807, 2.05) is 50.2 Å². The van der Waals surface area contributed by atoms with E-state index in [0.717, 1.165) is 5.56 Å². The maximum absolute atomic E-state index is 12.0. The van der Waals surface area contributed by atoms with Crippen molar-refractivity contribution in [1.29, 1.82) is 0 Å². The third-order valence-corrected chi connectivity index (χ3v) is 5.21. The molecule has 0 atom stereocenters.